The van der Waals surface area contributed by atoms with E-state index in [-0.39, 0.29) is 12.5 Å². The molecule has 0 spiro atoms. The Balaban J connectivity index is 0.000000884. The van der Waals surface area contributed by atoms with Crippen molar-refractivity contribution in [1.82, 2.24) is 0 Å². The number of aliphatic hydroxyl groups excluding tert-OH is 1. The third-order valence-corrected chi connectivity index (χ3v) is 7.32. The van der Waals surface area contributed by atoms with Crippen molar-refractivity contribution in [3.8, 4) is 5.75 Å². The maximum Gasteiger partial charge on any atom is 0.145 e. The van der Waals surface area contributed by atoms with E-state index in [1.165, 1.54) is 68.1 Å². The van der Waals surface area contributed by atoms with Crippen LogP contribution in [0.4, 0.5) is 0 Å². The molecule has 0 aliphatic heterocycles. The van der Waals surface area contributed by atoms with Crippen molar-refractivity contribution < 1.29 is 19.4 Å². The van der Waals surface area contributed by atoms with Gasteiger partial charge in [-0.25, -0.2) is 0 Å². The van der Waals surface area contributed by atoms with Gasteiger partial charge in [-0.1, -0.05) is 75.6 Å². The van der Waals surface area contributed by atoms with E-state index in [0.717, 1.165) is 23.9 Å². The number of carbonyl (C=O) groups excluding carboxylic acids is 1. The number of aldehydes is 1. The summed E-state index contributed by atoms with van der Waals surface area (Å²) in [6.07, 6.45) is 12.5. The summed E-state index contributed by atoms with van der Waals surface area (Å²) in [5.74, 6) is 2.79. The third kappa shape index (κ3) is 15.6. The minimum absolute atomic E-state index is 0.169. The number of rotatable bonds is 14. The first-order valence-corrected chi connectivity index (χ1v) is 18.0. The first-order valence-electron chi connectivity index (χ1n) is 14.5. The minimum Gasteiger partial charge on any atom is -0.489 e. The predicted octanol–water partition coefficient (Wildman–Crippen LogP) is 9.35. The number of aliphatic hydroxyl groups is 1. The second kappa shape index (κ2) is 23.3. The number of benzene rings is 2. The normalized spacial score (nSPS) is 16.9. The summed E-state index contributed by atoms with van der Waals surface area (Å²) in [5, 5.41) is 9.26. The smallest absolute Gasteiger partial charge is 0.145 e. The molecular weight excluding hydrogens is 555 g/mol. The summed E-state index contributed by atoms with van der Waals surface area (Å²) in [4.78, 5) is 9.41. The molecule has 0 aromatic heterocycles. The summed E-state index contributed by atoms with van der Waals surface area (Å²) in [6.45, 7) is 9.10. The lowest BCUT2D eigenvalue weighted by atomic mass is 9.77. The van der Waals surface area contributed by atoms with E-state index < -0.39 is 0 Å². The number of hydrogen-bond donors (Lipinski definition) is 3. The summed E-state index contributed by atoms with van der Waals surface area (Å²) in [6, 6.07) is 17.3. The Kier molecular flexibility index (Phi) is 21.4. The van der Waals surface area contributed by atoms with Crippen LogP contribution in [0.2, 0.25) is 0 Å². The van der Waals surface area contributed by atoms with Crippen LogP contribution in [0, 0.1) is 5.92 Å². The largest absolute Gasteiger partial charge is 0.489 e. The molecule has 7 heteroatoms. The summed E-state index contributed by atoms with van der Waals surface area (Å²) in [7, 11) is 1.70. The fourth-order valence-corrected chi connectivity index (χ4v) is 5.06. The van der Waals surface area contributed by atoms with Crippen LogP contribution in [-0.2, 0) is 16.1 Å². The maximum atomic E-state index is 9.41. The number of carbonyl (C=O) groups is 1. The van der Waals surface area contributed by atoms with E-state index in [4.69, 9.17) is 9.47 Å². The molecule has 0 heterocycles. The van der Waals surface area contributed by atoms with Gasteiger partial charge in [0.25, 0.3) is 0 Å². The minimum atomic E-state index is 0.169. The quantitative estimate of drug-likeness (QED) is 0.0659. The predicted molar refractivity (Wildman–Crippen MR) is 180 cm³/mol. The number of hydrogen-bond acceptors (Lipinski definition) is 6. The Morgan fingerprint density at radius 3 is 2.17 bits per heavy atom. The fourth-order valence-electron chi connectivity index (χ4n) is 5.06. The Morgan fingerprint density at radius 2 is 1.68 bits per heavy atom. The second-order valence-electron chi connectivity index (χ2n) is 10.5. The van der Waals surface area contributed by atoms with E-state index in [0.29, 0.717) is 32.2 Å². The zero-order valence-electron chi connectivity index (χ0n) is 24.7. The van der Waals surface area contributed by atoms with E-state index in [2.05, 4.69) is 74.4 Å². The van der Waals surface area contributed by atoms with E-state index in [1.807, 2.05) is 12.1 Å². The highest BCUT2D eigenvalue weighted by Gasteiger charge is 2.22. The molecular formula is C33H51O4PS2. The SMILES string of the molecule is C=C(C)C=O.CCCCCC1CCC(c2ccc(COc3ccc(C(CCO)COC)cc3)cc2)CC1.SPS. The Hall–Kier alpha value is -1.30. The molecule has 1 aliphatic rings. The lowest BCUT2D eigenvalue weighted by Crippen LogP contribution is -2.13. The highest BCUT2D eigenvalue weighted by Crippen LogP contribution is 2.37. The van der Waals surface area contributed by atoms with Gasteiger partial charge in [-0.05, 0) is 92.2 Å². The van der Waals surface area contributed by atoms with Gasteiger partial charge < -0.3 is 14.6 Å². The molecule has 4 nitrogen and oxygen atoms in total. The van der Waals surface area contributed by atoms with E-state index in [1.54, 1.807) is 14.0 Å². The highest BCUT2D eigenvalue weighted by molar-refractivity contribution is 8.71. The van der Waals surface area contributed by atoms with Gasteiger partial charge in [0.1, 0.15) is 18.6 Å². The van der Waals surface area contributed by atoms with Crippen LogP contribution in [0.1, 0.15) is 100 Å². The lowest BCUT2D eigenvalue weighted by Gasteiger charge is -2.29. The maximum absolute atomic E-state index is 9.41. The Labute approximate surface area is 255 Å². The van der Waals surface area contributed by atoms with Crippen LogP contribution in [0.5, 0.6) is 5.75 Å². The summed E-state index contributed by atoms with van der Waals surface area (Å²) in [5.41, 5.74) is 4.46. The molecule has 2 aromatic carbocycles. The van der Waals surface area contributed by atoms with Gasteiger partial charge in [-0.15, -0.1) is 24.5 Å². The standard InChI is InChI=1S/C29H42O3.C4H6O.H3PS2/c1-3-4-5-6-23-7-11-25(12-8-23)26-13-9-24(10-14-26)21-32-29-17-15-27(16-18-29)28(19-20-30)22-31-2;1-4(2)3-5;2-1-3/h9-10,13-18,23,25,28,30H,3-8,11-12,19-22H2,1-2H3;3H,1H2,2H3;1-3H. The highest BCUT2D eigenvalue weighted by atomic mass is 33.0. The Bertz CT molecular complexity index is 907. The van der Waals surface area contributed by atoms with Gasteiger partial charge in [-0.2, -0.15) is 0 Å². The molecule has 1 N–H and O–H groups in total. The number of allylic oxidation sites excluding steroid dienone is 1. The molecule has 0 radical (unpaired) electrons. The average Bonchev–Trinajstić information content (AvgIpc) is 2.98. The van der Waals surface area contributed by atoms with Crippen molar-refractivity contribution in [2.75, 3.05) is 20.3 Å². The average molecular weight is 607 g/mol. The van der Waals surface area contributed by atoms with Crippen LogP contribution in [-0.4, -0.2) is 31.7 Å². The van der Waals surface area contributed by atoms with E-state index in [9.17, 15) is 9.90 Å². The van der Waals surface area contributed by atoms with Crippen molar-refractivity contribution in [2.45, 2.75) is 90.1 Å². The first-order chi connectivity index (χ1) is 19.4. The monoisotopic (exact) mass is 606 g/mol. The first kappa shape index (κ1) is 36.7. The summed E-state index contributed by atoms with van der Waals surface area (Å²) >= 11 is 7.36. The van der Waals surface area contributed by atoms with Gasteiger partial charge in [0, 0.05) is 19.6 Å². The zero-order valence-corrected chi connectivity index (χ0v) is 27.5. The molecule has 1 aliphatic carbocycles. The molecule has 224 valence electrons. The molecule has 3 rings (SSSR count). The number of thiol groups is 2. The summed E-state index contributed by atoms with van der Waals surface area (Å²) < 4.78 is 11.3. The molecule has 0 bridgehead atoms. The Morgan fingerprint density at radius 1 is 1.07 bits per heavy atom. The number of ether oxygens (including phenoxy) is 2. The van der Waals surface area contributed by atoms with Crippen LogP contribution < -0.4 is 4.74 Å². The topological polar surface area (TPSA) is 55.8 Å². The van der Waals surface area contributed by atoms with Crippen molar-refractivity contribution in [1.29, 1.82) is 0 Å². The molecule has 2 aromatic rings. The second-order valence-corrected chi connectivity index (χ2v) is 13.1. The van der Waals surface area contributed by atoms with Gasteiger partial charge >= 0.3 is 0 Å². The molecule has 0 saturated heterocycles. The zero-order chi connectivity index (χ0) is 29.6. The molecule has 40 heavy (non-hydrogen) atoms. The molecule has 1 fully saturated rings. The van der Waals surface area contributed by atoms with Crippen molar-refractivity contribution in [3.05, 3.63) is 77.4 Å². The van der Waals surface area contributed by atoms with Gasteiger partial charge in [0.15, 0.2) is 0 Å². The van der Waals surface area contributed by atoms with Gasteiger partial charge in [0.2, 0.25) is 0 Å². The van der Waals surface area contributed by atoms with Gasteiger partial charge in [-0.3, -0.25) is 4.79 Å². The molecule has 1 atom stereocenters. The fraction of sp³-hybridized carbons (Fsp3) is 0.545. The van der Waals surface area contributed by atoms with Crippen LogP contribution in [0.3, 0.4) is 0 Å². The van der Waals surface area contributed by atoms with Gasteiger partial charge in [0.05, 0.1) is 6.61 Å². The van der Waals surface area contributed by atoms with Crippen molar-refractivity contribution in [3.63, 3.8) is 0 Å². The molecule has 0 amide bonds. The molecule has 1 saturated carbocycles. The van der Waals surface area contributed by atoms with Crippen molar-refractivity contribution >= 4 is 37.8 Å². The lowest BCUT2D eigenvalue weighted by molar-refractivity contribution is -0.104. The number of unbranched alkanes of at least 4 members (excludes halogenated alkanes) is 2. The third-order valence-electron chi connectivity index (χ3n) is 7.32. The number of methoxy groups -OCH3 is 1. The van der Waals surface area contributed by atoms with Crippen molar-refractivity contribution in [2.24, 2.45) is 5.92 Å². The van der Waals surface area contributed by atoms with E-state index >= 15 is 0 Å². The molecule has 1 unspecified atom stereocenters. The van der Waals surface area contributed by atoms with Crippen LogP contribution in [0.25, 0.3) is 0 Å². The van der Waals surface area contributed by atoms with Crippen LogP contribution in [0.15, 0.2) is 60.7 Å². The van der Waals surface area contributed by atoms with Crippen LogP contribution >= 0.6 is 31.5 Å².